The third kappa shape index (κ3) is 5.23. The Labute approximate surface area is 134 Å². The van der Waals surface area contributed by atoms with Gasteiger partial charge in [0.15, 0.2) is 0 Å². The fourth-order valence-electron chi connectivity index (χ4n) is 1.96. The van der Waals surface area contributed by atoms with Crippen LogP contribution in [-0.2, 0) is 27.1 Å². The predicted molar refractivity (Wildman–Crippen MR) is 83.5 cm³/mol. The summed E-state index contributed by atoms with van der Waals surface area (Å²) in [5, 5.41) is 12.7. The van der Waals surface area contributed by atoms with Crippen LogP contribution < -0.4 is 4.72 Å². The summed E-state index contributed by atoms with van der Waals surface area (Å²) in [6, 6.07) is 8.13. The molecule has 0 aliphatic heterocycles. The summed E-state index contributed by atoms with van der Waals surface area (Å²) in [6.45, 7) is 2.19. The second-order valence-electron chi connectivity index (χ2n) is 5.12. The molecule has 1 amide bonds. The minimum atomic E-state index is -3.76. The Morgan fingerprint density at radius 2 is 2.04 bits per heavy atom. The molecule has 2 aromatic rings. The van der Waals surface area contributed by atoms with Crippen molar-refractivity contribution in [2.45, 2.75) is 25.6 Å². The van der Waals surface area contributed by atoms with Gasteiger partial charge in [-0.1, -0.05) is 12.1 Å². The number of sulfonamides is 1. The molecular weight excluding hydrogens is 316 g/mol. The SMILES string of the molecule is Cc1cnn(CCC(=O)NS(=O)(=O)Cc2ccc(C#N)cc2)c1. The van der Waals surface area contributed by atoms with Crippen LogP contribution in [0.25, 0.3) is 0 Å². The summed E-state index contributed by atoms with van der Waals surface area (Å²) in [5.41, 5.74) is 1.93. The molecule has 0 aliphatic carbocycles. The average molecular weight is 332 g/mol. The lowest BCUT2D eigenvalue weighted by Crippen LogP contribution is -2.32. The van der Waals surface area contributed by atoms with Crippen molar-refractivity contribution in [1.82, 2.24) is 14.5 Å². The summed E-state index contributed by atoms with van der Waals surface area (Å²) in [7, 11) is -3.76. The molecule has 1 aromatic heterocycles. The molecule has 0 spiro atoms. The normalized spacial score (nSPS) is 11.0. The van der Waals surface area contributed by atoms with Gasteiger partial charge in [-0.3, -0.25) is 14.2 Å². The van der Waals surface area contributed by atoms with Gasteiger partial charge in [0, 0.05) is 19.2 Å². The summed E-state index contributed by atoms with van der Waals surface area (Å²) >= 11 is 0. The van der Waals surface area contributed by atoms with Crippen LogP contribution in [0.5, 0.6) is 0 Å². The number of carbonyl (C=O) groups excluding carboxylic acids is 1. The van der Waals surface area contributed by atoms with Crippen molar-refractivity contribution >= 4 is 15.9 Å². The number of benzene rings is 1. The number of nitrogens with zero attached hydrogens (tertiary/aromatic N) is 3. The van der Waals surface area contributed by atoms with Crippen molar-refractivity contribution < 1.29 is 13.2 Å². The lowest BCUT2D eigenvalue weighted by Gasteiger charge is -2.07. The summed E-state index contributed by atoms with van der Waals surface area (Å²) in [4.78, 5) is 11.8. The highest BCUT2D eigenvalue weighted by atomic mass is 32.2. The molecule has 2 rings (SSSR count). The molecule has 7 nitrogen and oxygen atoms in total. The summed E-state index contributed by atoms with van der Waals surface area (Å²) in [5.74, 6) is -0.891. The van der Waals surface area contributed by atoms with E-state index in [0.29, 0.717) is 17.7 Å². The third-order valence-corrected chi connectivity index (χ3v) is 4.29. The van der Waals surface area contributed by atoms with Gasteiger partial charge in [0.2, 0.25) is 15.9 Å². The van der Waals surface area contributed by atoms with E-state index in [1.165, 1.54) is 12.1 Å². The first-order valence-corrected chi connectivity index (χ1v) is 8.54. The number of hydrogen-bond acceptors (Lipinski definition) is 5. The molecule has 0 fully saturated rings. The van der Waals surface area contributed by atoms with Gasteiger partial charge in [0.25, 0.3) is 0 Å². The molecule has 0 radical (unpaired) electrons. The van der Waals surface area contributed by atoms with Crippen LogP contribution in [0, 0.1) is 18.3 Å². The van der Waals surface area contributed by atoms with Crippen molar-refractivity contribution in [2.24, 2.45) is 0 Å². The smallest absolute Gasteiger partial charge is 0.239 e. The van der Waals surface area contributed by atoms with E-state index in [-0.39, 0.29) is 12.2 Å². The van der Waals surface area contributed by atoms with E-state index in [2.05, 4.69) is 5.10 Å². The molecule has 0 saturated heterocycles. The van der Waals surface area contributed by atoms with E-state index in [4.69, 9.17) is 5.26 Å². The topological polar surface area (TPSA) is 105 Å². The fraction of sp³-hybridized carbons (Fsp3) is 0.267. The molecule has 0 aliphatic rings. The second kappa shape index (κ2) is 7.07. The van der Waals surface area contributed by atoms with Crippen LogP contribution in [-0.4, -0.2) is 24.1 Å². The number of aryl methyl sites for hydroxylation is 2. The number of carbonyl (C=O) groups is 1. The zero-order chi connectivity index (χ0) is 16.9. The van der Waals surface area contributed by atoms with E-state index in [1.807, 2.05) is 17.7 Å². The molecule has 1 aromatic carbocycles. The number of amides is 1. The summed E-state index contributed by atoms with van der Waals surface area (Å²) < 4.78 is 27.5. The van der Waals surface area contributed by atoms with E-state index < -0.39 is 15.9 Å². The largest absolute Gasteiger partial charge is 0.274 e. The lowest BCUT2D eigenvalue weighted by molar-refractivity contribution is -0.119. The molecule has 0 saturated carbocycles. The molecule has 1 heterocycles. The van der Waals surface area contributed by atoms with Gasteiger partial charge in [-0.2, -0.15) is 10.4 Å². The minimum absolute atomic E-state index is 0.0215. The monoisotopic (exact) mass is 332 g/mol. The van der Waals surface area contributed by atoms with Crippen LogP contribution in [0.4, 0.5) is 0 Å². The highest BCUT2D eigenvalue weighted by molar-refractivity contribution is 7.89. The van der Waals surface area contributed by atoms with Gasteiger partial charge in [-0.05, 0) is 30.2 Å². The number of aromatic nitrogens is 2. The second-order valence-corrected chi connectivity index (χ2v) is 6.85. The Kier molecular flexibility index (Phi) is 5.13. The predicted octanol–water partition coefficient (Wildman–Crippen LogP) is 1.10. The standard InChI is InChI=1S/C15H16N4O3S/c1-12-9-17-19(10-12)7-6-15(20)18-23(21,22)11-14-4-2-13(8-16)3-5-14/h2-5,9-10H,6-7,11H2,1H3,(H,18,20). The zero-order valence-corrected chi connectivity index (χ0v) is 13.4. The van der Waals surface area contributed by atoms with Crippen molar-refractivity contribution in [3.8, 4) is 6.07 Å². The molecular formula is C15H16N4O3S. The van der Waals surface area contributed by atoms with Crippen molar-refractivity contribution in [3.63, 3.8) is 0 Å². The highest BCUT2D eigenvalue weighted by Crippen LogP contribution is 2.07. The Balaban J connectivity index is 1.89. The Hall–Kier alpha value is -2.66. The summed E-state index contributed by atoms with van der Waals surface area (Å²) in [6.07, 6.45) is 3.46. The lowest BCUT2D eigenvalue weighted by atomic mass is 10.2. The molecule has 120 valence electrons. The first-order valence-electron chi connectivity index (χ1n) is 6.89. The molecule has 0 bridgehead atoms. The van der Waals surface area contributed by atoms with E-state index in [1.54, 1.807) is 29.2 Å². The van der Waals surface area contributed by atoms with Gasteiger partial charge in [-0.15, -0.1) is 0 Å². The van der Waals surface area contributed by atoms with Crippen LogP contribution in [0.3, 0.4) is 0 Å². The third-order valence-electron chi connectivity index (χ3n) is 3.04. The minimum Gasteiger partial charge on any atom is -0.274 e. The molecule has 0 unspecified atom stereocenters. The fourth-order valence-corrected chi connectivity index (χ4v) is 3.11. The Morgan fingerprint density at radius 1 is 1.35 bits per heavy atom. The van der Waals surface area contributed by atoms with E-state index in [9.17, 15) is 13.2 Å². The molecule has 8 heteroatoms. The Bertz CT molecular complexity index is 832. The van der Waals surface area contributed by atoms with Crippen LogP contribution in [0.15, 0.2) is 36.7 Å². The molecule has 1 N–H and O–H groups in total. The van der Waals surface area contributed by atoms with Gasteiger partial charge in [0.05, 0.1) is 23.6 Å². The quantitative estimate of drug-likeness (QED) is 0.853. The average Bonchev–Trinajstić information content (AvgIpc) is 2.91. The van der Waals surface area contributed by atoms with Crippen LogP contribution in [0.2, 0.25) is 0 Å². The number of rotatable bonds is 6. The Morgan fingerprint density at radius 3 is 2.61 bits per heavy atom. The van der Waals surface area contributed by atoms with Crippen molar-refractivity contribution in [1.29, 1.82) is 5.26 Å². The van der Waals surface area contributed by atoms with Gasteiger partial charge in [0.1, 0.15) is 0 Å². The number of nitrogens with one attached hydrogen (secondary N) is 1. The first kappa shape index (κ1) is 16.7. The molecule has 0 atom stereocenters. The maximum absolute atomic E-state index is 12.0. The number of nitriles is 1. The van der Waals surface area contributed by atoms with Gasteiger partial charge >= 0.3 is 0 Å². The zero-order valence-electron chi connectivity index (χ0n) is 12.6. The van der Waals surface area contributed by atoms with Crippen LogP contribution in [0.1, 0.15) is 23.1 Å². The van der Waals surface area contributed by atoms with E-state index in [0.717, 1.165) is 5.56 Å². The maximum atomic E-state index is 12.0. The van der Waals surface area contributed by atoms with Crippen molar-refractivity contribution in [2.75, 3.05) is 0 Å². The van der Waals surface area contributed by atoms with Gasteiger partial charge in [-0.25, -0.2) is 8.42 Å². The van der Waals surface area contributed by atoms with Crippen LogP contribution >= 0.6 is 0 Å². The van der Waals surface area contributed by atoms with E-state index >= 15 is 0 Å². The molecule has 23 heavy (non-hydrogen) atoms. The highest BCUT2D eigenvalue weighted by Gasteiger charge is 2.15. The maximum Gasteiger partial charge on any atom is 0.239 e. The first-order chi connectivity index (χ1) is 10.9. The van der Waals surface area contributed by atoms with Gasteiger partial charge < -0.3 is 0 Å². The number of hydrogen-bond donors (Lipinski definition) is 1. The van der Waals surface area contributed by atoms with Crippen molar-refractivity contribution in [3.05, 3.63) is 53.3 Å².